The number of nitrogens with zero attached hydrogens (tertiary/aromatic N) is 1. The highest BCUT2D eigenvalue weighted by atomic mass is 32.1. The highest BCUT2D eigenvalue weighted by Gasteiger charge is 2.01. The fraction of sp³-hybridized carbons (Fsp3) is 0.273. The molecule has 0 spiro atoms. The summed E-state index contributed by atoms with van der Waals surface area (Å²) in [5.41, 5.74) is 1.16. The predicted octanol–water partition coefficient (Wildman–Crippen LogP) is 2.06. The number of hydrogen-bond acceptors (Lipinski definition) is 4. The van der Waals surface area contributed by atoms with Crippen molar-refractivity contribution in [3.8, 4) is 0 Å². The number of aromatic amines is 1. The number of anilines is 1. The zero-order valence-corrected chi connectivity index (χ0v) is 10.0. The molecule has 0 aliphatic heterocycles. The predicted molar refractivity (Wildman–Crippen MR) is 66.0 cm³/mol. The Bertz CT molecular complexity index is 525. The van der Waals surface area contributed by atoms with Crippen molar-refractivity contribution in [1.29, 1.82) is 0 Å². The smallest absolute Gasteiger partial charge is 0.252 e. The first-order valence-corrected chi connectivity index (χ1v) is 5.81. The van der Waals surface area contributed by atoms with Gasteiger partial charge in [-0.15, -0.1) is 11.3 Å². The highest BCUT2D eigenvalue weighted by molar-refractivity contribution is 7.12. The molecule has 2 aromatic heterocycles. The van der Waals surface area contributed by atoms with Gasteiger partial charge in [0, 0.05) is 15.8 Å². The Morgan fingerprint density at radius 3 is 2.88 bits per heavy atom. The molecule has 0 fully saturated rings. The van der Waals surface area contributed by atoms with E-state index in [9.17, 15) is 4.79 Å². The van der Waals surface area contributed by atoms with Gasteiger partial charge >= 0.3 is 0 Å². The van der Waals surface area contributed by atoms with Crippen LogP contribution in [-0.4, -0.2) is 9.97 Å². The van der Waals surface area contributed by atoms with Crippen molar-refractivity contribution in [2.75, 3.05) is 5.32 Å². The van der Waals surface area contributed by atoms with Crippen LogP contribution in [0.2, 0.25) is 0 Å². The summed E-state index contributed by atoms with van der Waals surface area (Å²) in [5.74, 6) is 0.604. The molecule has 84 valence electrons. The lowest BCUT2D eigenvalue weighted by atomic mass is 10.3. The third-order valence-electron chi connectivity index (χ3n) is 2.34. The maximum Gasteiger partial charge on any atom is 0.252 e. The minimum absolute atomic E-state index is 0.143. The van der Waals surface area contributed by atoms with Crippen LogP contribution in [0.15, 0.2) is 23.3 Å². The van der Waals surface area contributed by atoms with E-state index in [2.05, 4.69) is 35.2 Å². The zero-order chi connectivity index (χ0) is 11.5. The van der Waals surface area contributed by atoms with E-state index < -0.39 is 0 Å². The second-order valence-electron chi connectivity index (χ2n) is 3.60. The topological polar surface area (TPSA) is 57.8 Å². The molecule has 0 aliphatic rings. The van der Waals surface area contributed by atoms with Crippen LogP contribution < -0.4 is 10.9 Å². The first-order chi connectivity index (χ1) is 7.65. The number of aryl methyl sites for hydroxylation is 2. The fourth-order valence-electron chi connectivity index (χ4n) is 1.38. The Kier molecular flexibility index (Phi) is 3.05. The Labute approximate surface area is 97.4 Å². The molecule has 0 radical (unpaired) electrons. The lowest BCUT2D eigenvalue weighted by molar-refractivity contribution is 1.07. The van der Waals surface area contributed by atoms with Gasteiger partial charge in [-0.05, 0) is 25.5 Å². The molecule has 2 N–H and O–H groups in total. The Morgan fingerprint density at radius 1 is 1.44 bits per heavy atom. The molecule has 5 heteroatoms. The molecule has 0 saturated carbocycles. The van der Waals surface area contributed by atoms with Crippen molar-refractivity contribution >= 4 is 17.2 Å². The van der Waals surface area contributed by atoms with Crippen LogP contribution in [0, 0.1) is 13.8 Å². The minimum atomic E-state index is -0.143. The number of nitrogens with one attached hydrogen (secondary N) is 2. The Hall–Kier alpha value is -1.62. The summed E-state index contributed by atoms with van der Waals surface area (Å²) >= 11 is 1.76. The van der Waals surface area contributed by atoms with E-state index in [4.69, 9.17) is 0 Å². The summed E-state index contributed by atoms with van der Waals surface area (Å²) in [7, 11) is 0. The second kappa shape index (κ2) is 4.49. The van der Waals surface area contributed by atoms with Crippen LogP contribution in [0.5, 0.6) is 0 Å². The van der Waals surface area contributed by atoms with Gasteiger partial charge in [0.15, 0.2) is 0 Å². The van der Waals surface area contributed by atoms with Crippen LogP contribution in [0.4, 0.5) is 5.82 Å². The molecular formula is C11H13N3OS. The van der Waals surface area contributed by atoms with Gasteiger partial charge < -0.3 is 10.3 Å². The molecule has 0 bridgehead atoms. The van der Waals surface area contributed by atoms with Gasteiger partial charge in [-0.2, -0.15) is 0 Å². The van der Waals surface area contributed by atoms with Gasteiger partial charge in [0.25, 0.3) is 5.56 Å². The average Bonchev–Trinajstić information content (AvgIpc) is 2.56. The third-order valence-corrected chi connectivity index (χ3v) is 3.49. The summed E-state index contributed by atoms with van der Waals surface area (Å²) in [6.45, 7) is 4.91. The summed E-state index contributed by atoms with van der Waals surface area (Å²) in [5, 5.41) is 3.12. The van der Waals surface area contributed by atoms with Crippen LogP contribution in [0.25, 0.3) is 0 Å². The largest absolute Gasteiger partial charge is 0.365 e. The van der Waals surface area contributed by atoms with E-state index in [1.165, 1.54) is 27.7 Å². The summed E-state index contributed by atoms with van der Waals surface area (Å²) in [6, 6.07) is 3.60. The second-order valence-corrected chi connectivity index (χ2v) is 4.94. The van der Waals surface area contributed by atoms with Crippen LogP contribution in [-0.2, 0) is 6.54 Å². The maximum atomic E-state index is 11.0. The Balaban J connectivity index is 2.05. The van der Waals surface area contributed by atoms with Crippen LogP contribution in [0.3, 0.4) is 0 Å². The first-order valence-electron chi connectivity index (χ1n) is 4.99. The lowest BCUT2D eigenvalue weighted by Crippen LogP contribution is -2.08. The van der Waals surface area contributed by atoms with E-state index in [1.807, 2.05) is 0 Å². The first kappa shape index (κ1) is 10.9. The molecule has 0 aromatic carbocycles. The number of aromatic nitrogens is 2. The van der Waals surface area contributed by atoms with Crippen molar-refractivity contribution in [3.05, 3.63) is 44.1 Å². The molecule has 2 aromatic rings. The molecule has 2 heterocycles. The SMILES string of the molecule is Cc1cc(CNc2cc(=O)[nH]cn2)sc1C. The molecule has 0 aliphatic carbocycles. The van der Waals surface area contributed by atoms with Gasteiger partial charge in [0.05, 0.1) is 12.9 Å². The van der Waals surface area contributed by atoms with Crippen molar-refractivity contribution in [1.82, 2.24) is 9.97 Å². The quantitative estimate of drug-likeness (QED) is 0.856. The van der Waals surface area contributed by atoms with Gasteiger partial charge in [0.2, 0.25) is 0 Å². The van der Waals surface area contributed by atoms with E-state index in [0.717, 1.165) is 0 Å². The van der Waals surface area contributed by atoms with Crippen LogP contribution >= 0.6 is 11.3 Å². The highest BCUT2D eigenvalue weighted by Crippen LogP contribution is 2.20. The standard InChI is InChI=1S/C11H13N3OS/c1-7-3-9(16-8(7)2)5-12-10-4-11(15)14-6-13-10/h3-4,6H,5H2,1-2H3,(H2,12,13,14,15). The molecule has 4 nitrogen and oxygen atoms in total. The number of thiophene rings is 1. The number of rotatable bonds is 3. The van der Waals surface area contributed by atoms with Crippen LogP contribution in [0.1, 0.15) is 15.3 Å². The van der Waals surface area contributed by atoms with E-state index in [1.54, 1.807) is 11.3 Å². The van der Waals surface area contributed by atoms with E-state index >= 15 is 0 Å². The molecule has 2 rings (SSSR count). The average molecular weight is 235 g/mol. The molecular weight excluding hydrogens is 222 g/mol. The summed E-state index contributed by atoms with van der Waals surface area (Å²) in [6.07, 6.45) is 1.40. The zero-order valence-electron chi connectivity index (χ0n) is 9.20. The normalized spacial score (nSPS) is 10.4. The molecule has 0 amide bonds. The fourth-order valence-corrected chi connectivity index (χ4v) is 2.37. The summed E-state index contributed by atoms with van der Waals surface area (Å²) < 4.78 is 0. The minimum Gasteiger partial charge on any atom is -0.365 e. The van der Waals surface area contributed by atoms with E-state index in [0.29, 0.717) is 12.4 Å². The van der Waals surface area contributed by atoms with Crippen molar-refractivity contribution in [2.24, 2.45) is 0 Å². The monoisotopic (exact) mass is 235 g/mol. The molecule has 0 atom stereocenters. The van der Waals surface area contributed by atoms with Gasteiger partial charge in [0.1, 0.15) is 5.82 Å². The Morgan fingerprint density at radius 2 is 2.25 bits per heavy atom. The number of H-pyrrole nitrogens is 1. The van der Waals surface area contributed by atoms with Gasteiger partial charge in [-0.1, -0.05) is 0 Å². The van der Waals surface area contributed by atoms with Crippen molar-refractivity contribution in [3.63, 3.8) is 0 Å². The number of hydrogen-bond donors (Lipinski definition) is 2. The van der Waals surface area contributed by atoms with E-state index in [-0.39, 0.29) is 5.56 Å². The van der Waals surface area contributed by atoms with Gasteiger partial charge in [-0.3, -0.25) is 4.79 Å². The van der Waals surface area contributed by atoms with Crippen molar-refractivity contribution in [2.45, 2.75) is 20.4 Å². The maximum absolute atomic E-state index is 11.0. The molecule has 0 saturated heterocycles. The van der Waals surface area contributed by atoms with Gasteiger partial charge in [-0.25, -0.2) is 4.98 Å². The molecule has 16 heavy (non-hydrogen) atoms. The summed E-state index contributed by atoms with van der Waals surface area (Å²) in [4.78, 5) is 20.1. The molecule has 0 unspecified atom stereocenters. The third kappa shape index (κ3) is 2.49. The van der Waals surface area contributed by atoms with Crippen molar-refractivity contribution < 1.29 is 0 Å². The lowest BCUT2D eigenvalue weighted by Gasteiger charge is -2.01.